The zero-order valence-corrected chi connectivity index (χ0v) is 18.8. The minimum absolute atomic E-state index is 0.311. The summed E-state index contributed by atoms with van der Waals surface area (Å²) in [6.07, 6.45) is -9.43. The number of benzene rings is 1. The highest BCUT2D eigenvalue weighted by Gasteiger charge is 2.39. The van der Waals surface area contributed by atoms with Gasteiger partial charge in [0, 0.05) is 6.54 Å². The fraction of sp³-hybridized carbons (Fsp3) is 0.619. The molecule has 0 radical (unpaired) electrons. The normalized spacial score (nSPS) is 15.4. The van der Waals surface area contributed by atoms with Crippen LogP contribution in [0.25, 0.3) is 0 Å². The summed E-state index contributed by atoms with van der Waals surface area (Å²) in [6.45, 7) is 2.34. The molecule has 4 atom stereocenters. The van der Waals surface area contributed by atoms with Gasteiger partial charge in [-0.2, -0.15) is 26.3 Å². The highest BCUT2D eigenvalue weighted by atomic mass is 19.4. The standard InChI is InChI=1S/C14H18F3NO2.C7H12F3NO2/c1-10(14(15,16)17)8-12(13(19)20-2)18-9-11-6-4-3-5-7-11;1-4(7(8,9)10)3-5(11)6(12)13-2/h3-7,10,12,18H,8-9H2,1-2H3;4-5H,3,11H2,1-2H3. The Bertz CT molecular complexity index is 713. The Morgan fingerprint density at radius 3 is 1.76 bits per heavy atom. The molecule has 4 unspecified atom stereocenters. The lowest BCUT2D eigenvalue weighted by molar-refractivity contribution is -0.175. The molecule has 12 heteroatoms. The van der Waals surface area contributed by atoms with Crippen molar-refractivity contribution in [2.45, 2.75) is 57.7 Å². The molecule has 1 aromatic carbocycles. The summed E-state index contributed by atoms with van der Waals surface area (Å²) in [7, 11) is 2.25. The molecule has 190 valence electrons. The Labute approximate surface area is 188 Å². The molecule has 0 aliphatic rings. The zero-order valence-electron chi connectivity index (χ0n) is 18.8. The van der Waals surface area contributed by atoms with E-state index in [9.17, 15) is 35.9 Å². The van der Waals surface area contributed by atoms with Crippen LogP contribution in [0.4, 0.5) is 26.3 Å². The van der Waals surface area contributed by atoms with Crippen LogP contribution in [0.5, 0.6) is 0 Å². The smallest absolute Gasteiger partial charge is 0.391 e. The first-order valence-corrected chi connectivity index (χ1v) is 9.95. The van der Waals surface area contributed by atoms with Gasteiger partial charge in [0.05, 0.1) is 26.1 Å². The quantitative estimate of drug-likeness (QED) is 0.404. The van der Waals surface area contributed by atoms with E-state index in [-0.39, 0.29) is 6.42 Å². The number of carbonyl (C=O) groups is 2. The predicted molar refractivity (Wildman–Crippen MR) is 109 cm³/mol. The van der Waals surface area contributed by atoms with Crippen molar-refractivity contribution < 1.29 is 45.4 Å². The van der Waals surface area contributed by atoms with Crippen molar-refractivity contribution in [2.24, 2.45) is 17.6 Å². The monoisotopic (exact) mass is 488 g/mol. The molecule has 0 aromatic heterocycles. The van der Waals surface area contributed by atoms with Crippen LogP contribution < -0.4 is 11.1 Å². The van der Waals surface area contributed by atoms with Gasteiger partial charge in [-0.3, -0.25) is 9.59 Å². The number of alkyl halides is 6. The van der Waals surface area contributed by atoms with Crippen LogP contribution in [0.2, 0.25) is 0 Å². The molecule has 0 aliphatic heterocycles. The van der Waals surface area contributed by atoms with E-state index in [1.54, 1.807) is 0 Å². The van der Waals surface area contributed by atoms with E-state index in [0.29, 0.717) is 6.54 Å². The van der Waals surface area contributed by atoms with Crippen LogP contribution in [-0.2, 0) is 25.6 Å². The number of halogens is 6. The summed E-state index contributed by atoms with van der Waals surface area (Å²) >= 11 is 0. The van der Waals surface area contributed by atoms with Gasteiger partial charge in [-0.1, -0.05) is 44.2 Å². The Morgan fingerprint density at radius 2 is 1.33 bits per heavy atom. The van der Waals surface area contributed by atoms with Gasteiger partial charge < -0.3 is 20.5 Å². The van der Waals surface area contributed by atoms with Crippen LogP contribution in [-0.4, -0.2) is 50.6 Å². The largest absolute Gasteiger partial charge is 0.468 e. The molecular weight excluding hydrogens is 458 g/mol. The third-order valence-corrected chi connectivity index (χ3v) is 4.70. The van der Waals surface area contributed by atoms with Crippen LogP contribution in [0.1, 0.15) is 32.3 Å². The summed E-state index contributed by atoms with van der Waals surface area (Å²) in [6, 6.07) is 6.96. The number of rotatable bonds is 9. The summed E-state index contributed by atoms with van der Waals surface area (Å²) < 4.78 is 82.3. The lowest BCUT2D eigenvalue weighted by Crippen LogP contribution is -2.40. The van der Waals surface area contributed by atoms with Gasteiger partial charge in [0.25, 0.3) is 0 Å². The SMILES string of the molecule is COC(=O)C(CC(C)C(F)(F)F)NCc1ccccc1.COC(=O)C(N)CC(C)C(F)(F)F. The zero-order chi connectivity index (χ0) is 25.8. The molecule has 0 saturated carbocycles. The molecule has 0 aliphatic carbocycles. The number of esters is 2. The van der Waals surface area contributed by atoms with Gasteiger partial charge in [0.1, 0.15) is 12.1 Å². The first-order chi connectivity index (χ1) is 15.1. The van der Waals surface area contributed by atoms with Gasteiger partial charge in [0.2, 0.25) is 0 Å². The van der Waals surface area contributed by atoms with E-state index in [4.69, 9.17) is 5.73 Å². The minimum Gasteiger partial charge on any atom is -0.468 e. The maximum atomic E-state index is 12.6. The maximum absolute atomic E-state index is 12.6. The molecule has 0 amide bonds. The van der Waals surface area contributed by atoms with Crippen LogP contribution in [0, 0.1) is 11.8 Å². The highest BCUT2D eigenvalue weighted by molar-refractivity contribution is 5.75. The van der Waals surface area contributed by atoms with Crippen LogP contribution in [0.3, 0.4) is 0 Å². The molecule has 1 aromatic rings. The van der Waals surface area contributed by atoms with Gasteiger partial charge in [0.15, 0.2) is 0 Å². The predicted octanol–water partition coefficient (Wildman–Crippen LogP) is 3.98. The van der Waals surface area contributed by atoms with E-state index in [2.05, 4.69) is 14.8 Å². The molecule has 3 N–H and O–H groups in total. The summed E-state index contributed by atoms with van der Waals surface area (Å²) in [5.74, 6) is -4.68. The molecule has 33 heavy (non-hydrogen) atoms. The molecule has 0 saturated heterocycles. The Hall–Kier alpha value is -2.34. The molecule has 0 fully saturated rings. The van der Waals surface area contributed by atoms with E-state index in [1.165, 1.54) is 0 Å². The third kappa shape index (κ3) is 12.5. The fourth-order valence-electron chi connectivity index (χ4n) is 2.49. The number of hydrogen-bond donors (Lipinski definition) is 2. The second kappa shape index (κ2) is 14.0. The number of hydrogen-bond acceptors (Lipinski definition) is 6. The number of carbonyl (C=O) groups excluding carboxylic acids is 2. The van der Waals surface area contributed by atoms with Crippen molar-refractivity contribution in [3.63, 3.8) is 0 Å². The van der Waals surface area contributed by atoms with E-state index >= 15 is 0 Å². The lowest BCUT2D eigenvalue weighted by Gasteiger charge is -2.22. The molecule has 0 heterocycles. The Balaban J connectivity index is 0.000000684. The molecule has 0 spiro atoms. The van der Waals surface area contributed by atoms with Crippen molar-refractivity contribution in [3.8, 4) is 0 Å². The maximum Gasteiger partial charge on any atom is 0.391 e. The molecule has 0 bridgehead atoms. The molecular formula is C21H30F6N2O4. The number of ether oxygens (including phenoxy) is 2. The molecule has 6 nitrogen and oxygen atoms in total. The van der Waals surface area contributed by atoms with Crippen molar-refractivity contribution in [3.05, 3.63) is 35.9 Å². The number of methoxy groups -OCH3 is 2. The van der Waals surface area contributed by atoms with Crippen molar-refractivity contribution in [2.75, 3.05) is 14.2 Å². The van der Waals surface area contributed by atoms with Crippen LogP contribution >= 0.6 is 0 Å². The highest BCUT2D eigenvalue weighted by Crippen LogP contribution is 2.30. The summed E-state index contributed by atoms with van der Waals surface area (Å²) in [5.41, 5.74) is 6.04. The number of nitrogens with one attached hydrogen (secondary N) is 1. The van der Waals surface area contributed by atoms with Gasteiger partial charge in [-0.05, 0) is 18.4 Å². The van der Waals surface area contributed by atoms with E-state index < -0.39 is 54.6 Å². The summed E-state index contributed by atoms with van der Waals surface area (Å²) in [4.78, 5) is 22.2. The van der Waals surface area contributed by atoms with Gasteiger partial charge >= 0.3 is 24.3 Å². The fourth-order valence-corrected chi connectivity index (χ4v) is 2.49. The average Bonchev–Trinajstić information content (AvgIpc) is 2.74. The average molecular weight is 488 g/mol. The van der Waals surface area contributed by atoms with E-state index in [1.807, 2.05) is 30.3 Å². The van der Waals surface area contributed by atoms with Crippen molar-refractivity contribution >= 4 is 11.9 Å². The first-order valence-electron chi connectivity index (χ1n) is 9.95. The topological polar surface area (TPSA) is 90.6 Å². The Kier molecular flexibility index (Phi) is 13.0. The second-order valence-electron chi connectivity index (χ2n) is 7.43. The van der Waals surface area contributed by atoms with Crippen LogP contribution in [0.15, 0.2) is 30.3 Å². The van der Waals surface area contributed by atoms with E-state index in [0.717, 1.165) is 33.6 Å². The second-order valence-corrected chi connectivity index (χ2v) is 7.43. The molecule has 1 rings (SSSR count). The number of nitrogens with two attached hydrogens (primary N) is 1. The van der Waals surface area contributed by atoms with Crippen molar-refractivity contribution in [1.29, 1.82) is 0 Å². The first kappa shape index (κ1) is 30.7. The minimum atomic E-state index is -4.32. The van der Waals surface area contributed by atoms with Gasteiger partial charge in [-0.25, -0.2) is 0 Å². The van der Waals surface area contributed by atoms with Crippen molar-refractivity contribution in [1.82, 2.24) is 5.32 Å². The third-order valence-electron chi connectivity index (χ3n) is 4.70. The Morgan fingerprint density at radius 1 is 0.879 bits per heavy atom. The summed E-state index contributed by atoms with van der Waals surface area (Å²) in [5, 5.41) is 2.82. The lowest BCUT2D eigenvalue weighted by atomic mass is 10.0. The van der Waals surface area contributed by atoms with Gasteiger partial charge in [-0.15, -0.1) is 0 Å².